The molecule has 1 heterocycles. The topological polar surface area (TPSA) is 61.4 Å². The van der Waals surface area contributed by atoms with E-state index in [0.29, 0.717) is 25.7 Å². The van der Waals surface area contributed by atoms with Gasteiger partial charge in [0.1, 0.15) is 0 Å². The molecule has 1 saturated heterocycles. The van der Waals surface area contributed by atoms with Gasteiger partial charge in [-0.3, -0.25) is 4.79 Å². The number of halogens is 3. The van der Waals surface area contributed by atoms with Gasteiger partial charge in [0.25, 0.3) is 5.91 Å². The van der Waals surface area contributed by atoms with Crippen LogP contribution in [0.1, 0.15) is 5.56 Å². The summed E-state index contributed by atoms with van der Waals surface area (Å²) in [5, 5.41) is 4.78. The van der Waals surface area contributed by atoms with Crippen molar-refractivity contribution in [2.75, 3.05) is 5.32 Å². The number of thioether (sulfide) groups is 1. The van der Waals surface area contributed by atoms with Gasteiger partial charge < -0.3 is 5.32 Å². The van der Waals surface area contributed by atoms with Crippen LogP contribution < -0.4 is 10.7 Å². The van der Waals surface area contributed by atoms with Gasteiger partial charge in [0.2, 0.25) is 0 Å². The van der Waals surface area contributed by atoms with Crippen LogP contribution in [0.4, 0.5) is 10.5 Å². The van der Waals surface area contributed by atoms with Crippen LogP contribution in [0.15, 0.2) is 47.4 Å². The SMILES string of the molecule is O=C(Nc1ccc(Cl)c(Cl)c1)NN1C(=O)/C(=C\c2cccc(Cl)c2)SC1=S. The summed E-state index contributed by atoms with van der Waals surface area (Å²) in [5.41, 5.74) is 3.59. The molecule has 1 fully saturated rings. The van der Waals surface area contributed by atoms with Crippen molar-refractivity contribution in [2.24, 2.45) is 0 Å². The van der Waals surface area contributed by atoms with E-state index < -0.39 is 11.9 Å². The maximum absolute atomic E-state index is 12.5. The number of nitrogens with zero attached hydrogens (tertiary/aromatic N) is 1. The molecular formula is C17H10Cl3N3O2S2. The minimum absolute atomic E-state index is 0.206. The zero-order valence-electron chi connectivity index (χ0n) is 13.3. The van der Waals surface area contributed by atoms with Crippen LogP contribution in [-0.4, -0.2) is 21.3 Å². The molecule has 3 rings (SSSR count). The molecule has 0 atom stereocenters. The van der Waals surface area contributed by atoms with Gasteiger partial charge in [-0.1, -0.05) is 58.7 Å². The second-order valence-electron chi connectivity index (χ2n) is 5.27. The Balaban J connectivity index is 1.69. The summed E-state index contributed by atoms with van der Waals surface area (Å²) in [6.07, 6.45) is 1.66. The van der Waals surface area contributed by atoms with Gasteiger partial charge in [-0.25, -0.2) is 10.2 Å². The third-order valence-electron chi connectivity index (χ3n) is 3.33. The summed E-state index contributed by atoms with van der Waals surface area (Å²) in [6, 6.07) is 11.0. The van der Waals surface area contributed by atoms with Crippen molar-refractivity contribution in [1.29, 1.82) is 0 Å². The molecule has 1 aliphatic heterocycles. The Morgan fingerprint density at radius 1 is 1.11 bits per heavy atom. The standard InChI is InChI=1S/C17H10Cl3N3O2S2/c18-10-3-1-2-9(6-10)7-14-15(24)23(17(26)27-14)22-16(25)21-11-4-5-12(19)13(20)8-11/h1-8H,(H2,21,22,25)/b14-7+. The summed E-state index contributed by atoms with van der Waals surface area (Å²) in [5.74, 6) is -0.436. The lowest BCUT2D eigenvalue weighted by atomic mass is 10.2. The van der Waals surface area contributed by atoms with Crippen LogP contribution in [0.3, 0.4) is 0 Å². The largest absolute Gasteiger partial charge is 0.338 e. The molecule has 0 aliphatic carbocycles. The van der Waals surface area contributed by atoms with Gasteiger partial charge in [-0.15, -0.1) is 0 Å². The number of hydrogen-bond donors (Lipinski definition) is 2. The molecule has 0 aromatic heterocycles. The number of carbonyl (C=O) groups is 2. The van der Waals surface area contributed by atoms with Crippen LogP contribution in [0.2, 0.25) is 15.1 Å². The predicted octanol–water partition coefficient (Wildman–Crippen LogP) is 5.58. The van der Waals surface area contributed by atoms with Gasteiger partial charge >= 0.3 is 6.03 Å². The highest BCUT2D eigenvalue weighted by Gasteiger charge is 2.33. The summed E-state index contributed by atoms with van der Waals surface area (Å²) < 4.78 is 0.206. The third-order valence-corrected chi connectivity index (χ3v) is 5.61. The molecular weight excluding hydrogens is 449 g/mol. The van der Waals surface area contributed by atoms with E-state index in [4.69, 9.17) is 47.0 Å². The molecule has 27 heavy (non-hydrogen) atoms. The molecule has 2 aromatic carbocycles. The first-order valence-electron chi connectivity index (χ1n) is 7.40. The number of urea groups is 1. The van der Waals surface area contributed by atoms with Gasteiger partial charge in [-0.05, 0) is 54.2 Å². The molecule has 1 aliphatic rings. The van der Waals surface area contributed by atoms with E-state index in [2.05, 4.69) is 10.7 Å². The van der Waals surface area contributed by atoms with Crippen molar-refractivity contribution >= 4 is 86.8 Å². The van der Waals surface area contributed by atoms with Gasteiger partial charge in [0, 0.05) is 10.7 Å². The molecule has 0 bridgehead atoms. The van der Waals surface area contributed by atoms with Crippen LogP contribution in [0.5, 0.6) is 0 Å². The van der Waals surface area contributed by atoms with E-state index >= 15 is 0 Å². The Labute approximate surface area is 179 Å². The lowest BCUT2D eigenvalue weighted by molar-refractivity contribution is -0.123. The number of thiocarbonyl (C=S) groups is 1. The maximum atomic E-state index is 12.5. The van der Waals surface area contributed by atoms with Crippen LogP contribution in [0, 0.1) is 0 Å². The van der Waals surface area contributed by atoms with Crippen molar-refractivity contribution < 1.29 is 9.59 Å². The summed E-state index contributed by atoms with van der Waals surface area (Å²) in [4.78, 5) is 25.1. The number of carbonyl (C=O) groups excluding carboxylic acids is 2. The first kappa shape index (κ1) is 20.0. The normalized spacial score (nSPS) is 15.4. The van der Waals surface area contributed by atoms with E-state index in [1.165, 1.54) is 6.07 Å². The molecule has 0 radical (unpaired) electrons. The molecule has 10 heteroatoms. The number of nitrogens with one attached hydrogen (secondary N) is 2. The van der Waals surface area contributed by atoms with E-state index in [0.717, 1.165) is 22.3 Å². The fourth-order valence-electron chi connectivity index (χ4n) is 2.15. The first-order chi connectivity index (χ1) is 12.8. The van der Waals surface area contributed by atoms with E-state index in [1.807, 2.05) is 6.07 Å². The lowest BCUT2D eigenvalue weighted by Gasteiger charge is -2.16. The Morgan fingerprint density at radius 3 is 2.59 bits per heavy atom. The van der Waals surface area contributed by atoms with Crippen molar-refractivity contribution in [1.82, 2.24) is 10.4 Å². The molecule has 5 nitrogen and oxygen atoms in total. The first-order valence-corrected chi connectivity index (χ1v) is 9.75. The third kappa shape index (κ3) is 4.94. The minimum atomic E-state index is -0.645. The van der Waals surface area contributed by atoms with E-state index in [1.54, 1.807) is 36.4 Å². The molecule has 0 saturated carbocycles. The van der Waals surface area contributed by atoms with Crippen molar-refractivity contribution in [3.05, 3.63) is 68.0 Å². The Hall–Kier alpha value is -1.77. The summed E-state index contributed by atoms with van der Waals surface area (Å²) in [7, 11) is 0. The fourth-order valence-corrected chi connectivity index (χ4v) is 3.82. The number of anilines is 1. The minimum Gasteiger partial charge on any atom is -0.307 e. The smallest absolute Gasteiger partial charge is 0.307 e. The van der Waals surface area contributed by atoms with Gasteiger partial charge in [0.05, 0.1) is 15.0 Å². The highest BCUT2D eigenvalue weighted by Crippen LogP contribution is 2.32. The zero-order chi connectivity index (χ0) is 19.6. The van der Waals surface area contributed by atoms with Crippen molar-refractivity contribution in [3.63, 3.8) is 0 Å². The monoisotopic (exact) mass is 457 g/mol. The quantitative estimate of drug-likeness (QED) is 0.465. The number of hydrazine groups is 1. The van der Waals surface area contributed by atoms with Crippen LogP contribution in [0.25, 0.3) is 6.08 Å². The van der Waals surface area contributed by atoms with Gasteiger partial charge in [-0.2, -0.15) is 5.01 Å². The second-order valence-corrected chi connectivity index (χ2v) is 8.19. The number of rotatable bonds is 3. The lowest BCUT2D eigenvalue weighted by Crippen LogP contribution is -2.46. The average molecular weight is 459 g/mol. The Bertz CT molecular complexity index is 982. The molecule has 0 unspecified atom stereocenters. The highest BCUT2D eigenvalue weighted by molar-refractivity contribution is 8.26. The fraction of sp³-hybridized carbons (Fsp3) is 0. The summed E-state index contributed by atoms with van der Waals surface area (Å²) in [6.45, 7) is 0. The number of hydrogen-bond acceptors (Lipinski definition) is 4. The predicted molar refractivity (Wildman–Crippen MR) is 115 cm³/mol. The zero-order valence-corrected chi connectivity index (χ0v) is 17.2. The average Bonchev–Trinajstić information content (AvgIpc) is 2.86. The van der Waals surface area contributed by atoms with Crippen LogP contribution in [-0.2, 0) is 4.79 Å². The molecule has 138 valence electrons. The Morgan fingerprint density at radius 2 is 1.89 bits per heavy atom. The van der Waals surface area contributed by atoms with E-state index in [9.17, 15) is 9.59 Å². The number of amides is 3. The second kappa shape index (κ2) is 8.50. The maximum Gasteiger partial charge on any atom is 0.338 e. The van der Waals surface area contributed by atoms with Crippen LogP contribution >= 0.6 is 58.8 Å². The molecule has 2 aromatic rings. The molecule has 3 amide bonds. The van der Waals surface area contributed by atoms with Crippen molar-refractivity contribution in [3.8, 4) is 0 Å². The van der Waals surface area contributed by atoms with Gasteiger partial charge in [0.15, 0.2) is 4.32 Å². The Kier molecular flexibility index (Phi) is 6.29. The summed E-state index contributed by atoms with van der Waals surface area (Å²) >= 11 is 24.0. The van der Waals surface area contributed by atoms with E-state index in [-0.39, 0.29) is 4.32 Å². The molecule has 0 spiro atoms. The van der Waals surface area contributed by atoms with Crippen molar-refractivity contribution in [2.45, 2.75) is 0 Å². The number of benzene rings is 2. The highest BCUT2D eigenvalue weighted by atomic mass is 35.5. The molecule has 2 N–H and O–H groups in total.